The molecule has 0 atom stereocenters. The first-order chi connectivity index (χ1) is 11.9. The molecule has 0 aliphatic rings. The summed E-state index contributed by atoms with van der Waals surface area (Å²) in [4.78, 5) is -0.433. The van der Waals surface area contributed by atoms with Crippen LogP contribution >= 0.6 is 15.9 Å². The molecular formula is C14H12BrF3N2O4S2. The number of halogens is 4. The maximum Gasteiger partial charge on any atom is 0.402 e. The third-order valence-electron chi connectivity index (χ3n) is 3.00. The van der Waals surface area contributed by atoms with Crippen molar-refractivity contribution in [3.63, 3.8) is 0 Å². The quantitative estimate of drug-likeness (QED) is 0.675. The molecule has 6 nitrogen and oxygen atoms in total. The fourth-order valence-corrected chi connectivity index (χ4v) is 4.13. The van der Waals surface area contributed by atoms with Gasteiger partial charge < -0.3 is 0 Å². The van der Waals surface area contributed by atoms with Crippen LogP contribution in [0.4, 0.5) is 18.9 Å². The Morgan fingerprint density at radius 3 is 1.77 bits per heavy atom. The van der Waals surface area contributed by atoms with Crippen LogP contribution in [0, 0.1) is 0 Å². The van der Waals surface area contributed by atoms with Crippen molar-refractivity contribution in [2.45, 2.75) is 16.0 Å². The zero-order valence-corrected chi connectivity index (χ0v) is 16.0. The van der Waals surface area contributed by atoms with Crippen molar-refractivity contribution in [2.75, 3.05) is 11.3 Å². The van der Waals surface area contributed by atoms with Gasteiger partial charge in [-0.2, -0.15) is 13.2 Å². The van der Waals surface area contributed by atoms with Crippen LogP contribution in [0.15, 0.2) is 62.8 Å². The highest BCUT2D eigenvalue weighted by molar-refractivity contribution is 9.10. The number of benzene rings is 2. The largest absolute Gasteiger partial charge is 0.402 e. The predicted octanol–water partition coefficient (Wildman–Crippen LogP) is 3.09. The molecule has 2 aromatic rings. The summed E-state index contributed by atoms with van der Waals surface area (Å²) in [5.74, 6) is 0. The van der Waals surface area contributed by atoms with E-state index in [1.165, 1.54) is 29.0 Å². The Hall–Kier alpha value is -1.63. The lowest BCUT2D eigenvalue weighted by Crippen LogP contribution is -2.33. The molecule has 0 fully saturated rings. The molecule has 2 N–H and O–H groups in total. The number of rotatable bonds is 6. The summed E-state index contributed by atoms with van der Waals surface area (Å²) in [5, 5.41) is 0. The van der Waals surface area contributed by atoms with Gasteiger partial charge in [0.25, 0.3) is 10.0 Å². The number of nitrogens with one attached hydrogen (secondary N) is 2. The van der Waals surface area contributed by atoms with E-state index in [1.807, 2.05) is 0 Å². The van der Waals surface area contributed by atoms with Gasteiger partial charge >= 0.3 is 6.18 Å². The van der Waals surface area contributed by atoms with Crippen LogP contribution in [-0.4, -0.2) is 29.6 Å². The Morgan fingerprint density at radius 2 is 1.27 bits per heavy atom. The van der Waals surface area contributed by atoms with Crippen molar-refractivity contribution in [2.24, 2.45) is 0 Å². The average Bonchev–Trinajstić information content (AvgIpc) is 2.53. The maximum absolute atomic E-state index is 12.2. The molecule has 0 aromatic heterocycles. The van der Waals surface area contributed by atoms with Gasteiger partial charge in [0.15, 0.2) is 0 Å². The van der Waals surface area contributed by atoms with Gasteiger partial charge in [0.1, 0.15) is 6.54 Å². The van der Waals surface area contributed by atoms with Gasteiger partial charge in [-0.3, -0.25) is 4.72 Å². The van der Waals surface area contributed by atoms with Gasteiger partial charge in [-0.1, -0.05) is 15.9 Å². The van der Waals surface area contributed by atoms with Crippen LogP contribution in [0.5, 0.6) is 0 Å². The molecule has 2 aromatic carbocycles. The van der Waals surface area contributed by atoms with Gasteiger partial charge in [-0.25, -0.2) is 21.6 Å². The van der Waals surface area contributed by atoms with E-state index in [-0.39, 0.29) is 10.6 Å². The van der Waals surface area contributed by atoms with E-state index >= 15 is 0 Å². The molecule has 0 radical (unpaired) electrons. The van der Waals surface area contributed by atoms with E-state index in [2.05, 4.69) is 20.7 Å². The van der Waals surface area contributed by atoms with Gasteiger partial charge in [-0.15, -0.1) is 0 Å². The summed E-state index contributed by atoms with van der Waals surface area (Å²) < 4.78 is 88.8. The maximum atomic E-state index is 12.2. The fraction of sp³-hybridized carbons (Fsp3) is 0.143. The van der Waals surface area contributed by atoms with Gasteiger partial charge in [0.2, 0.25) is 10.0 Å². The minimum Gasteiger partial charge on any atom is -0.280 e. The smallest absolute Gasteiger partial charge is 0.280 e. The molecule has 2 rings (SSSR count). The summed E-state index contributed by atoms with van der Waals surface area (Å²) in [5.41, 5.74) is 0.0580. The van der Waals surface area contributed by atoms with Crippen molar-refractivity contribution in [1.82, 2.24) is 4.72 Å². The molecule has 26 heavy (non-hydrogen) atoms. The number of hydrogen-bond acceptors (Lipinski definition) is 4. The van der Waals surface area contributed by atoms with E-state index in [0.29, 0.717) is 4.47 Å². The van der Waals surface area contributed by atoms with Crippen LogP contribution in [0.1, 0.15) is 0 Å². The lowest BCUT2D eigenvalue weighted by atomic mass is 10.3. The lowest BCUT2D eigenvalue weighted by Gasteiger charge is -2.11. The molecule has 0 heterocycles. The normalized spacial score (nSPS) is 12.8. The third kappa shape index (κ3) is 5.69. The predicted molar refractivity (Wildman–Crippen MR) is 92.6 cm³/mol. The van der Waals surface area contributed by atoms with Crippen LogP contribution in [-0.2, 0) is 20.0 Å². The van der Waals surface area contributed by atoms with Crippen molar-refractivity contribution in [3.8, 4) is 0 Å². The first kappa shape index (κ1) is 20.7. The molecule has 0 spiro atoms. The van der Waals surface area contributed by atoms with Crippen molar-refractivity contribution < 1.29 is 30.0 Å². The molecule has 0 aliphatic carbocycles. The molecule has 0 amide bonds. The molecule has 12 heteroatoms. The Labute approximate surface area is 156 Å². The summed E-state index contributed by atoms with van der Waals surface area (Å²) in [7, 11) is -8.26. The number of anilines is 1. The summed E-state index contributed by atoms with van der Waals surface area (Å²) in [6, 6.07) is 10.1. The average molecular weight is 473 g/mol. The second-order valence-corrected chi connectivity index (χ2v) is 9.39. The zero-order valence-electron chi connectivity index (χ0n) is 12.8. The van der Waals surface area contributed by atoms with E-state index in [4.69, 9.17) is 0 Å². The summed E-state index contributed by atoms with van der Waals surface area (Å²) in [6.45, 7) is -1.70. The number of hydrogen-bond donors (Lipinski definition) is 2. The van der Waals surface area contributed by atoms with Gasteiger partial charge in [0.05, 0.1) is 9.79 Å². The highest BCUT2D eigenvalue weighted by Gasteiger charge is 2.30. The standard InChI is InChI=1S/C14H12BrF3N2O4S2/c15-10-1-5-13(6-2-10)26(23,24)20-11-3-7-12(8-4-11)25(21,22)19-9-14(16,17)18/h1-8,19-20H,9H2. The van der Waals surface area contributed by atoms with E-state index in [9.17, 15) is 30.0 Å². The minimum absolute atomic E-state index is 0.00996. The monoisotopic (exact) mass is 472 g/mol. The zero-order chi connectivity index (χ0) is 19.6. The van der Waals surface area contributed by atoms with E-state index in [0.717, 1.165) is 24.3 Å². The second kappa shape index (κ2) is 7.55. The van der Waals surface area contributed by atoms with E-state index < -0.39 is 37.7 Å². The van der Waals surface area contributed by atoms with Crippen molar-refractivity contribution in [1.29, 1.82) is 0 Å². The topological polar surface area (TPSA) is 92.3 Å². The molecule has 142 valence electrons. The van der Waals surface area contributed by atoms with Crippen LogP contribution in [0.2, 0.25) is 0 Å². The second-order valence-electron chi connectivity index (χ2n) is 5.02. The van der Waals surface area contributed by atoms with Crippen LogP contribution in [0.25, 0.3) is 0 Å². The molecular weight excluding hydrogens is 461 g/mol. The van der Waals surface area contributed by atoms with Gasteiger partial charge in [0, 0.05) is 10.2 Å². The van der Waals surface area contributed by atoms with Crippen LogP contribution in [0.3, 0.4) is 0 Å². The SMILES string of the molecule is O=S(=O)(NCC(F)(F)F)c1ccc(NS(=O)(=O)c2ccc(Br)cc2)cc1. The molecule has 0 saturated carbocycles. The Balaban J connectivity index is 2.15. The van der Waals surface area contributed by atoms with E-state index in [1.54, 1.807) is 0 Å². The molecule has 0 saturated heterocycles. The first-order valence-corrected chi connectivity index (χ1v) is 10.6. The van der Waals surface area contributed by atoms with Gasteiger partial charge in [-0.05, 0) is 48.5 Å². The summed E-state index contributed by atoms with van der Waals surface area (Å²) >= 11 is 3.18. The Bertz CT molecular complexity index is 974. The highest BCUT2D eigenvalue weighted by Crippen LogP contribution is 2.21. The minimum atomic E-state index is -4.69. The highest BCUT2D eigenvalue weighted by atomic mass is 79.9. The summed E-state index contributed by atoms with van der Waals surface area (Å²) in [6.07, 6.45) is -4.69. The first-order valence-electron chi connectivity index (χ1n) is 6.84. The molecule has 0 aliphatic heterocycles. The van der Waals surface area contributed by atoms with Crippen molar-refractivity contribution in [3.05, 3.63) is 53.0 Å². The molecule has 0 bridgehead atoms. The Kier molecular flexibility index (Phi) is 6.00. The number of sulfonamides is 2. The Morgan fingerprint density at radius 1 is 0.808 bits per heavy atom. The number of alkyl halides is 3. The van der Waals surface area contributed by atoms with Crippen LogP contribution < -0.4 is 9.44 Å². The van der Waals surface area contributed by atoms with Crippen molar-refractivity contribution >= 4 is 41.7 Å². The third-order valence-corrected chi connectivity index (χ3v) is 6.35. The lowest BCUT2D eigenvalue weighted by molar-refractivity contribution is -0.121. The molecule has 0 unspecified atom stereocenters. The fourth-order valence-electron chi connectivity index (χ4n) is 1.79.